The van der Waals surface area contributed by atoms with Crippen molar-refractivity contribution < 1.29 is 4.79 Å². The average Bonchev–Trinajstić information content (AvgIpc) is 2.90. The van der Waals surface area contributed by atoms with Crippen molar-refractivity contribution >= 4 is 11.7 Å². The van der Waals surface area contributed by atoms with Crippen LogP contribution in [0.15, 0.2) is 12.3 Å². The maximum Gasteiger partial charge on any atom is 0.241 e. The Balaban J connectivity index is 2.00. The summed E-state index contributed by atoms with van der Waals surface area (Å²) in [5.74, 6) is 0.560. The van der Waals surface area contributed by atoms with Crippen molar-refractivity contribution in [3.05, 3.63) is 23.4 Å². The van der Waals surface area contributed by atoms with Gasteiger partial charge >= 0.3 is 0 Å². The predicted molar refractivity (Wildman–Crippen MR) is 68.0 cm³/mol. The van der Waals surface area contributed by atoms with Gasteiger partial charge in [-0.25, -0.2) is 4.98 Å². The lowest BCUT2D eigenvalue weighted by Crippen LogP contribution is -2.33. The quantitative estimate of drug-likeness (QED) is 0.870. The van der Waals surface area contributed by atoms with Crippen LogP contribution in [-0.4, -0.2) is 35.4 Å². The van der Waals surface area contributed by atoms with Crippen LogP contribution in [0.3, 0.4) is 0 Å². The molecule has 1 fully saturated rings. The number of pyridine rings is 1. The Bertz CT molecular complexity index is 486. The molecular weight excluding hydrogens is 228 g/mol. The topological polar surface area (TPSA) is 69.0 Å². The first-order chi connectivity index (χ1) is 8.72. The average molecular weight is 244 g/mol. The summed E-state index contributed by atoms with van der Waals surface area (Å²) < 4.78 is 0. The van der Waals surface area contributed by atoms with E-state index in [0.29, 0.717) is 11.4 Å². The summed E-state index contributed by atoms with van der Waals surface area (Å²) in [5.41, 5.74) is 1.37. The molecule has 0 aliphatic carbocycles. The Kier molecular flexibility index (Phi) is 3.78. The van der Waals surface area contributed by atoms with Gasteiger partial charge in [0.05, 0.1) is 12.1 Å². The van der Waals surface area contributed by atoms with Crippen molar-refractivity contribution in [2.45, 2.75) is 19.8 Å². The standard InChI is InChI=1S/C13H16N4O/c1-10-4-5-15-13(11(10)8-14)16-9-12(18)17-6-2-3-7-17/h4-5H,2-3,6-7,9H2,1H3,(H,15,16). The minimum atomic E-state index is 0.0692. The van der Waals surface area contributed by atoms with Crippen molar-refractivity contribution in [2.24, 2.45) is 0 Å². The molecule has 0 spiro atoms. The second-order valence-corrected chi connectivity index (χ2v) is 4.40. The van der Waals surface area contributed by atoms with Crippen molar-refractivity contribution in [1.82, 2.24) is 9.88 Å². The number of aryl methyl sites for hydroxylation is 1. The smallest absolute Gasteiger partial charge is 0.241 e. The van der Waals surface area contributed by atoms with Gasteiger partial charge in [0.1, 0.15) is 11.9 Å². The van der Waals surface area contributed by atoms with Gasteiger partial charge in [-0.05, 0) is 31.4 Å². The summed E-state index contributed by atoms with van der Waals surface area (Å²) in [6.07, 6.45) is 3.80. The molecule has 0 bridgehead atoms. The highest BCUT2D eigenvalue weighted by Crippen LogP contribution is 2.15. The van der Waals surface area contributed by atoms with E-state index in [9.17, 15) is 4.79 Å². The summed E-state index contributed by atoms with van der Waals surface area (Å²) in [7, 11) is 0. The number of hydrogen-bond donors (Lipinski definition) is 1. The highest BCUT2D eigenvalue weighted by atomic mass is 16.2. The zero-order valence-electron chi connectivity index (χ0n) is 10.4. The van der Waals surface area contributed by atoms with Crippen LogP contribution in [-0.2, 0) is 4.79 Å². The number of hydrogen-bond acceptors (Lipinski definition) is 4. The third-order valence-corrected chi connectivity index (χ3v) is 3.14. The maximum absolute atomic E-state index is 11.9. The first-order valence-corrected chi connectivity index (χ1v) is 6.09. The van der Waals surface area contributed by atoms with Crippen LogP contribution < -0.4 is 5.32 Å². The number of amides is 1. The van der Waals surface area contributed by atoms with Crippen LogP contribution >= 0.6 is 0 Å². The third-order valence-electron chi connectivity index (χ3n) is 3.14. The number of nitrogens with one attached hydrogen (secondary N) is 1. The number of rotatable bonds is 3. The summed E-state index contributed by atoms with van der Waals surface area (Å²) >= 11 is 0. The summed E-state index contributed by atoms with van der Waals surface area (Å²) in [6, 6.07) is 3.89. The number of nitrogens with zero attached hydrogens (tertiary/aromatic N) is 3. The molecule has 18 heavy (non-hydrogen) atoms. The molecule has 1 aliphatic rings. The van der Waals surface area contributed by atoms with Crippen LogP contribution in [0.2, 0.25) is 0 Å². The fourth-order valence-corrected chi connectivity index (χ4v) is 2.07. The van der Waals surface area contributed by atoms with E-state index < -0.39 is 0 Å². The molecule has 0 aromatic carbocycles. The van der Waals surface area contributed by atoms with Crippen molar-refractivity contribution in [2.75, 3.05) is 25.0 Å². The molecule has 5 heteroatoms. The molecule has 1 aliphatic heterocycles. The Morgan fingerprint density at radius 1 is 1.56 bits per heavy atom. The monoisotopic (exact) mass is 244 g/mol. The maximum atomic E-state index is 11.9. The van der Waals surface area contributed by atoms with Gasteiger partial charge in [0.25, 0.3) is 0 Å². The molecule has 0 atom stereocenters. The zero-order chi connectivity index (χ0) is 13.0. The van der Waals surface area contributed by atoms with E-state index in [1.165, 1.54) is 0 Å². The second kappa shape index (κ2) is 5.50. The van der Waals surface area contributed by atoms with Gasteiger partial charge in [-0.2, -0.15) is 5.26 Å². The van der Waals surface area contributed by atoms with Crippen LogP contribution in [0.4, 0.5) is 5.82 Å². The first-order valence-electron chi connectivity index (χ1n) is 6.09. The molecular formula is C13H16N4O. The van der Waals surface area contributed by atoms with Gasteiger partial charge in [0, 0.05) is 19.3 Å². The lowest BCUT2D eigenvalue weighted by molar-refractivity contribution is -0.128. The molecule has 0 saturated carbocycles. The minimum absolute atomic E-state index is 0.0692. The Morgan fingerprint density at radius 2 is 2.28 bits per heavy atom. The third kappa shape index (κ3) is 2.59. The number of carbonyl (C=O) groups is 1. The van der Waals surface area contributed by atoms with Gasteiger partial charge < -0.3 is 10.2 Å². The number of aromatic nitrogens is 1. The lowest BCUT2D eigenvalue weighted by Gasteiger charge is -2.16. The molecule has 0 radical (unpaired) electrons. The largest absolute Gasteiger partial charge is 0.360 e. The zero-order valence-corrected chi connectivity index (χ0v) is 10.4. The molecule has 1 aromatic heterocycles. The Labute approximate surface area is 106 Å². The van der Waals surface area contributed by atoms with Crippen molar-refractivity contribution in [1.29, 1.82) is 5.26 Å². The molecule has 1 aromatic rings. The normalized spacial score (nSPS) is 14.3. The molecule has 2 rings (SSSR count). The first kappa shape index (κ1) is 12.4. The van der Waals surface area contributed by atoms with Gasteiger partial charge in [0.15, 0.2) is 0 Å². The fourth-order valence-electron chi connectivity index (χ4n) is 2.07. The number of nitriles is 1. The molecule has 1 saturated heterocycles. The van der Waals surface area contributed by atoms with Gasteiger partial charge in [0.2, 0.25) is 5.91 Å². The van der Waals surface area contributed by atoms with E-state index in [1.807, 2.05) is 11.8 Å². The molecule has 94 valence electrons. The van der Waals surface area contributed by atoms with Gasteiger partial charge in [-0.3, -0.25) is 4.79 Å². The second-order valence-electron chi connectivity index (χ2n) is 4.40. The molecule has 2 heterocycles. The molecule has 1 N–H and O–H groups in total. The summed E-state index contributed by atoms with van der Waals surface area (Å²) in [6.45, 7) is 3.73. The summed E-state index contributed by atoms with van der Waals surface area (Å²) in [4.78, 5) is 17.8. The molecule has 0 unspecified atom stereocenters. The van der Waals surface area contributed by atoms with E-state index in [-0.39, 0.29) is 12.5 Å². The SMILES string of the molecule is Cc1ccnc(NCC(=O)N2CCCC2)c1C#N. The van der Waals surface area contributed by atoms with Crippen molar-refractivity contribution in [3.8, 4) is 6.07 Å². The summed E-state index contributed by atoms with van der Waals surface area (Å²) in [5, 5.41) is 12.0. The fraction of sp³-hybridized carbons (Fsp3) is 0.462. The number of carbonyl (C=O) groups excluding carboxylic acids is 1. The number of likely N-dealkylation sites (tertiary alicyclic amines) is 1. The van der Waals surface area contributed by atoms with Crippen LogP contribution in [0.5, 0.6) is 0 Å². The Hall–Kier alpha value is -2.09. The van der Waals surface area contributed by atoms with E-state index in [2.05, 4.69) is 16.4 Å². The lowest BCUT2D eigenvalue weighted by atomic mass is 10.1. The van der Waals surface area contributed by atoms with E-state index >= 15 is 0 Å². The van der Waals surface area contributed by atoms with E-state index in [1.54, 1.807) is 12.3 Å². The minimum Gasteiger partial charge on any atom is -0.360 e. The van der Waals surface area contributed by atoms with Crippen molar-refractivity contribution in [3.63, 3.8) is 0 Å². The van der Waals surface area contributed by atoms with Crippen LogP contribution in [0, 0.1) is 18.3 Å². The number of anilines is 1. The van der Waals surface area contributed by atoms with Crippen LogP contribution in [0.1, 0.15) is 24.0 Å². The van der Waals surface area contributed by atoms with Crippen LogP contribution in [0.25, 0.3) is 0 Å². The highest BCUT2D eigenvalue weighted by Gasteiger charge is 2.18. The predicted octanol–water partition coefficient (Wildman–Crippen LogP) is 1.30. The molecule has 1 amide bonds. The van der Waals surface area contributed by atoms with E-state index in [0.717, 1.165) is 31.5 Å². The van der Waals surface area contributed by atoms with Gasteiger partial charge in [-0.1, -0.05) is 0 Å². The molecule has 5 nitrogen and oxygen atoms in total. The van der Waals surface area contributed by atoms with Gasteiger partial charge in [-0.15, -0.1) is 0 Å². The van der Waals surface area contributed by atoms with E-state index in [4.69, 9.17) is 5.26 Å². The highest BCUT2D eigenvalue weighted by molar-refractivity contribution is 5.81. The Morgan fingerprint density at radius 3 is 2.94 bits per heavy atom.